The first-order valence-corrected chi connectivity index (χ1v) is 6.83. The molecule has 0 saturated heterocycles. The Labute approximate surface area is 129 Å². The van der Waals surface area contributed by atoms with Crippen molar-refractivity contribution >= 4 is 11.6 Å². The zero-order valence-electron chi connectivity index (χ0n) is 12.0. The zero-order valence-corrected chi connectivity index (χ0v) is 12.7. The van der Waals surface area contributed by atoms with Crippen LogP contribution in [0.2, 0.25) is 5.02 Å². The zero-order chi connectivity index (χ0) is 15.2. The summed E-state index contributed by atoms with van der Waals surface area (Å²) in [5.41, 5.74) is 4.86. The predicted molar refractivity (Wildman–Crippen MR) is 82.6 cm³/mol. The van der Waals surface area contributed by atoms with Crippen LogP contribution in [0, 0.1) is 0 Å². The minimum atomic E-state index is -0.0929. The molecular formula is C15H18ClN3O2. The molecule has 0 fully saturated rings. The average Bonchev–Trinajstić information content (AvgIpc) is 2.52. The van der Waals surface area contributed by atoms with Gasteiger partial charge in [-0.25, -0.2) is 0 Å². The van der Waals surface area contributed by atoms with E-state index in [2.05, 4.69) is 10.4 Å². The van der Waals surface area contributed by atoms with E-state index < -0.39 is 0 Å². The second-order valence-electron chi connectivity index (χ2n) is 4.52. The van der Waals surface area contributed by atoms with Crippen molar-refractivity contribution in [3.63, 3.8) is 0 Å². The SMILES string of the molecule is COc1cc(C(Cc2ccncc2)NN)cc(Cl)c1OC. The quantitative estimate of drug-likeness (QED) is 0.634. The van der Waals surface area contributed by atoms with Crippen LogP contribution in [0.25, 0.3) is 0 Å². The van der Waals surface area contributed by atoms with E-state index in [4.69, 9.17) is 26.9 Å². The van der Waals surface area contributed by atoms with E-state index in [1.807, 2.05) is 24.3 Å². The average molecular weight is 308 g/mol. The number of pyridine rings is 1. The molecule has 0 saturated carbocycles. The van der Waals surface area contributed by atoms with Crippen LogP contribution in [0.1, 0.15) is 17.2 Å². The van der Waals surface area contributed by atoms with Crippen LogP contribution in [0.15, 0.2) is 36.7 Å². The number of ether oxygens (including phenoxy) is 2. The molecule has 0 aliphatic rings. The van der Waals surface area contributed by atoms with Crippen molar-refractivity contribution in [3.05, 3.63) is 52.8 Å². The molecule has 0 amide bonds. The van der Waals surface area contributed by atoms with Gasteiger partial charge in [-0.2, -0.15) is 0 Å². The van der Waals surface area contributed by atoms with Crippen LogP contribution >= 0.6 is 11.6 Å². The number of hydrogen-bond donors (Lipinski definition) is 2. The molecule has 2 aromatic rings. The van der Waals surface area contributed by atoms with Gasteiger partial charge in [0, 0.05) is 12.4 Å². The third-order valence-corrected chi connectivity index (χ3v) is 3.53. The van der Waals surface area contributed by atoms with Crippen LogP contribution in [0.5, 0.6) is 11.5 Å². The third-order valence-electron chi connectivity index (χ3n) is 3.25. The third kappa shape index (κ3) is 3.64. The van der Waals surface area contributed by atoms with Gasteiger partial charge in [0.05, 0.1) is 25.3 Å². The summed E-state index contributed by atoms with van der Waals surface area (Å²) in [5.74, 6) is 6.78. The summed E-state index contributed by atoms with van der Waals surface area (Å²) in [7, 11) is 3.13. The Morgan fingerprint density at radius 3 is 2.52 bits per heavy atom. The van der Waals surface area contributed by atoms with Gasteiger partial charge < -0.3 is 9.47 Å². The molecule has 6 heteroatoms. The fraction of sp³-hybridized carbons (Fsp3) is 0.267. The molecule has 0 radical (unpaired) electrons. The van der Waals surface area contributed by atoms with Crippen molar-refractivity contribution in [2.75, 3.05) is 14.2 Å². The fourth-order valence-corrected chi connectivity index (χ4v) is 2.46. The summed E-state index contributed by atoms with van der Waals surface area (Å²) < 4.78 is 10.6. The van der Waals surface area contributed by atoms with Crippen molar-refractivity contribution in [1.29, 1.82) is 0 Å². The van der Waals surface area contributed by atoms with Crippen LogP contribution in [0.3, 0.4) is 0 Å². The first-order valence-electron chi connectivity index (χ1n) is 6.46. The maximum absolute atomic E-state index is 6.23. The number of hydrazine groups is 1. The van der Waals surface area contributed by atoms with Crippen molar-refractivity contribution in [2.24, 2.45) is 5.84 Å². The first kappa shape index (κ1) is 15.6. The van der Waals surface area contributed by atoms with Crippen molar-refractivity contribution in [3.8, 4) is 11.5 Å². The van der Waals surface area contributed by atoms with Gasteiger partial charge in [-0.05, 0) is 41.8 Å². The molecular weight excluding hydrogens is 290 g/mol. The maximum atomic E-state index is 6.23. The monoisotopic (exact) mass is 307 g/mol. The van der Waals surface area contributed by atoms with Gasteiger partial charge in [-0.3, -0.25) is 16.3 Å². The Morgan fingerprint density at radius 2 is 1.95 bits per heavy atom. The van der Waals surface area contributed by atoms with Crippen molar-refractivity contribution in [1.82, 2.24) is 10.4 Å². The lowest BCUT2D eigenvalue weighted by molar-refractivity contribution is 0.354. The number of methoxy groups -OCH3 is 2. The number of rotatable bonds is 6. The van der Waals surface area contributed by atoms with Gasteiger partial charge in [-0.15, -0.1) is 0 Å². The number of nitrogens with one attached hydrogen (secondary N) is 1. The highest BCUT2D eigenvalue weighted by Crippen LogP contribution is 2.38. The minimum Gasteiger partial charge on any atom is -0.493 e. The standard InChI is InChI=1S/C15H18ClN3O2/c1-20-14-9-11(8-12(16)15(14)21-2)13(19-17)7-10-3-5-18-6-4-10/h3-6,8-9,13,19H,7,17H2,1-2H3. The lowest BCUT2D eigenvalue weighted by atomic mass is 9.99. The van der Waals surface area contributed by atoms with Gasteiger partial charge in [-0.1, -0.05) is 11.6 Å². The molecule has 2 rings (SSSR count). The molecule has 0 aliphatic heterocycles. The Bertz CT molecular complexity index is 593. The Kier molecular flexibility index (Phi) is 5.38. The molecule has 21 heavy (non-hydrogen) atoms. The van der Waals surface area contributed by atoms with Crippen molar-refractivity contribution < 1.29 is 9.47 Å². The van der Waals surface area contributed by atoms with E-state index >= 15 is 0 Å². The van der Waals surface area contributed by atoms with Crippen LogP contribution in [-0.4, -0.2) is 19.2 Å². The Morgan fingerprint density at radius 1 is 1.24 bits per heavy atom. The summed E-state index contributed by atoms with van der Waals surface area (Å²) in [6, 6.07) is 7.51. The Hall–Kier alpha value is -1.82. The lowest BCUT2D eigenvalue weighted by Gasteiger charge is -2.19. The summed E-state index contributed by atoms with van der Waals surface area (Å²) >= 11 is 6.23. The van der Waals surface area contributed by atoms with Gasteiger partial charge in [0.25, 0.3) is 0 Å². The number of nitrogens with two attached hydrogens (primary N) is 1. The molecule has 0 spiro atoms. The molecule has 0 aliphatic carbocycles. The highest BCUT2D eigenvalue weighted by Gasteiger charge is 2.17. The predicted octanol–water partition coefficient (Wildman–Crippen LogP) is 2.50. The second kappa shape index (κ2) is 7.26. The van der Waals surface area contributed by atoms with Gasteiger partial charge >= 0.3 is 0 Å². The van der Waals surface area contributed by atoms with Crippen LogP contribution in [0.4, 0.5) is 0 Å². The van der Waals surface area contributed by atoms with E-state index in [0.717, 1.165) is 11.1 Å². The lowest BCUT2D eigenvalue weighted by Crippen LogP contribution is -2.29. The molecule has 3 N–H and O–H groups in total. The fourth-order valence-electron chi connectivity index (χ4n) is 2.17. The number of benzene rings is 1. The highest BCUT2D eigenvalue weighted by atomic mass is 35.5. The molecule has 0 bridgehead atoms. The van der Waals surface area contributed by atoms with Crippen molar-refractivity contribution in [2.45, 2.75) is 12.5 Å². The van der Waals surface area contributed by atoms with E-state index in [1.54, 1.807) is 26.6 Å². The molecule has 1 heterocycles. The summed E-state index contributed by atoms with van der Waals surface area (Å²) in [4.78, 5) is 4.01. The maximum Gasteiger partial charge on any atom is 0.179 e. The molecule has 1 unspecified atom stereocenters. The topological polar surface area (TPSA) is 69.4 Å². The Balaban J connectivity index is 2.32. The summed E-state index contributed by atoms with van der Waals surface area (Å²) in [5, 5.41) is 0.488. The van der Waals surface area contributed by atoms with Gasteiger partial charge in [0.2, 0.25) is 0 Å². The van der Waals surface area contributed by atoms with Gasteiger partial charge in [0.1, 0.15) is 0 Å². The number of hydrogen-bond acceptors (Lipinski definition) is 5. The molecule has 1 aromatic carbocycles. The largest absolute Gasteiger partial charge is 0.493 e. The molecule has 112 valence electrons. The minimum absolute atomic E-state index is 0.0929. The van der Waals surface area contributed by atoms with E-state index in [1.165, 1.54) is 0 Å². The van der Waals surface area contributed by atoms with E-state index in [0.29, 0.717) is 22.9 Å². The smallest absolute Gasteiger partial charge is 0.179 e. The summed E-state index contributed by atoms with van der Waals surface area (Å²) in [6.45, 7) is 0. The molecule has 1 atom stereocenters. The first-order chi connectivity index (χ1) is 10.2. The highest BCUT2D eigenvalue weighted by molar-refractivity contribution is 6.32. The number of aromatic nitrogens is 1. The van der Waals surface area contributed by atoms with E-state index in [-0.39, 0.29) is 6.04 Å². The number of halogens is 1. The molecule has 5 nitrogen and oxygen atoms in total. The second-order valence-corrected chi connectivity index (χ2v) is 4.92. The molecule has 1 aromatic heterocycles. The summed E-state index contributed by atoms with van der Waals surface area (Å²) in [6.07, 6.45) is 4.22. The van der Waals surface area contributed by atoms with E-state index in [9.17, 15) is 0 Å². The van der Waals surface area contributed by atoms with Crippen LogP contribution < -0.4 is 20.7 Å². The normalized spacial score (nSPS) is 12.0. The van der Waals surface area contributed by atoms with Crippen LogP contribution in [-0.2, 0) is 6.42 Å². The van der Waals surface area contributed by atoms with Gasteiger partial charge in [0.15, 0.2) is 11.5 Å². The number of nitrogens with zero attached hydrogens (tertiary/aromatic N) is 1.